The highest BCUT2D eigenvalue weighted by Gasteiger charge is 2.25. The number of carbonyl (C=O) groups is 1. The number of rotatable bonds is 4. The third kappa shape index (κ3) is 2.76. The zero-order chi connectivity index (χ0) is 15.5. The van der Waals surface area contributed by atoms with Crippen LogP contribution in [0.25, 0.3) is 0 Å². The number of carboxylic acids is 1. The lowest BCUT2D eigenvalue weighted by Gasteiger charge is -2.29. The zero-order valence-corrected chi connectivity index (χ0v) is 12.6. The molecule has 3 heterocycles. The summed E-state index contributed by atoms with van der Waals surface area (Å²) in [5.41, 5.74) is 1.80. The highest BCUT2D eigenvalue weighted by molar-refractivity contribution is 5.97. The molecule has 1 saturated heterocycles. The van der Waals surface area contributed by atoms with Gasteiger partial charge in [0.25, 0.3) is 0 Å². The fourth-order valence-corrected chi connectivity index (χ4v) is 2.85. The fourth-order valence-electron chi connectivity index (χ4n) is 2.85. The minimum absolute atomic E-state index is 0.219. The van der Waals surface area contributed by atoms with Crippen LogP contribution >= 0.6 is 0 Å². The Kier molecular flexibility index (Phi) is 4.24. The van der Waals surface area contributed by atoms with Crippen LogP contribution in [0.5, 0.6) is 0 Å². The first-order valence-electron chi connectivity index (χ1n) is 7.60. The standard InChI is InChI=1S/C15H20N4O3/c1-2-19-14-11(3-6-17-19)13(12(9-16-14)15(20)21)18-10-4-7-22-8-5-10/h6,9-10H,2-5,7-8H2,1H3,(H,16,18)(H,20,21). The van der Waals surface area contributed by atoms with Gasteiger partial charge in [0.15, 0.2) is 5.82 Å². The first-order valence-corrected chi connectivity index (χ1v) is 7.60. The second kappa shape index (κ2) is 6.31. The molecule has 7 heteroatoms. The minimum Gasteiger partial charge on any atom is -0.478 e. The number of hydrogen-bond donors (Lipinski definition) is 2. The second-order valence-corrected chi connectivity index (χ2v) is 5.40. The lowest BCUT2D eigenvalue weighted by Crippen LogP contribution is -2.31. The van der Waals surface area contributed by atoms with E-state index in [0.717, 1.165) is 24.2 Å². The van der Waals surface area contributed by atoms with E-state index in [4.69, 9.17) is 4.74 Å². The van der Waals surface area contributed by atoms with Gasteiger partial charge >= 0.3 is 5.97 Å². The summed E-state index contributed by atoms with van der Waals surface area (Å²) in [6, 6.07) is 0.229. The summed E-state index contributed by atoms with van der Waals surface area (Å²) in [5.74, 6) is -0.222. The summed E-state index contributed by atoms with van der Waals surface area (Å²) in [6.45, 7) is 4.09. The molecule has 0 saturated carbocycles. The Morgan fingerprint density at radius 1 is 1.50 bits per heavy atom. The van der Waals surface area contributed by atoms with Crippen LogP contribution in [0.4, 0.5) is 11.5 Å². The van der Waals surface area contributed by atoms with E-state index in [2.05, 4.69) is 15.4 Å². The third-order valence-electron chi connectivity index (χ3n) is 4.02. The number of aromatic carboxylic acids is 1. The van der Waals surface area contributed by atoms with E-state index in [9.17, 15) is 9.90 Å². The molecule has 0 amide bonds. The number of nitrogens with one attached hydrogen (secondary N) is 1. The zero-order valence-electron chi connectivity index (χ0n) is 12.6. The number of anilines is 2. The average Bonchev–Trinajstić information content (AvgIpc) is 2.55. The molecule has 22 heavy (non-hydrogen) atoms. The molecule has 0 spiro atoms. The van der Waals surface area contributed by atoms with Crippen LogP contribution in [0.2, 0.25) is 0 Å². The highest BCUT2D eigenvalue weighted by Crippen LogP contribution is 2.32. The van der Waals surface area contributed by atoms with Crippen molar-refractivity contribution in [1.82, 2.24) is 4.98 Å². The Morgan fingerprint density at radius 3 is 2.95 bits per heavy atom. The predicted octanol–water partition coefficient (Wildman–Crippen LogP) is 1.74. The summed E-state index contributed by atoms with van der Waals surface area (Å²) < 4.78 is 5.36. The van der Waals surface area contributed by atoms with E-state index in [0.29, 0.717) is 31.9 Å². The van der Waals surface area contributed by atoms with Crippen molar-refractivity contribution in [1.29, 1.82) is 0 Å². The molecule has 1 aromatic heterocycles. The molecule has 0 aliphatic carbocycles. The summed E-state index contributed by atoms with van der Waals surface area (Å²) in [6.07, 6.45) is 5.57. The molecule has 7 nitrogen and oxygen atoms in total. The molecule has 1 fully saturated rings. The number of nitrogens with zero attached hydrogens (tertiary/aromatic N) is 3. The topological polar surface area (TPSA) is 87.1 Å². The van der Waals surface area contributed by atoms with Crippen LogP contribution in [-0.4, -0.2) is 48.1 Å². The van der Waals surface area contributed by atoms with Crippen molar-refractivity contribution >= 4 is 23.7 Å². The Morgan fingerprint density at radius 2 is 2.27 bits per heavy atom. The molecule has 1 aromatic rings. The molecule has 0 bridgehead atoms. The molecule has 2 aliphatic heterocycles. The Balaban J connectivity index is 1.99. The van der Waals surface area contributed by atoms with Crippen molar-refractivity contribution in [3.05, 3.63) is 17.3 Å². The van der Waals surface area contributed by atoms with E-state index in [-0.39, 0.29) is 11.6 Å². The van der Waals surface area contributed by atoms with Crippen LogP contribution in [0.1, 0.15) is 35.7 Å². The van der Waals surface area contributed by atoms with E-state index >= 15 is 0 Å². The van der Waals surface area contributed by atoms with Crippen LogP contribution in [-0.2, 0) is 11.2 Å². The predicted molar refractivity (Wildman–Crippen MR) is 83.9 cm³/mol. The van der Waals surface area contributed by atoms with Crippen LogP contribution < -0.4 is 10.3 Å². The molecule has 0 unspecified atom stereocenters. The molecule has 0 radical (unpaired) electrons. The Bertz CT molecular complexity index is 597. The average molecular weight is 304 g/mol. The third-order valence-corrected chi connectivity index (χ3v) is 4.02. The normalized spacial score (nSPS) is 18.1. The first kappa shape index (κ1) is 14.8. The molecule has 0 aromatic carbocycles. The molecular weight excluding hydrogens is 284 g/mol. The number of fused-ring (bicyclic) bond motifs is 1. The first-order chi connectivity index (χ1) is 10.7. The lowest BCUT2D eigenvalue weighted by atomic mass is 10.0. The maximum Gasteiger partial charge on any atom is 0.339 e. The van der Waals surface area contributed by atoms with Crippen molar-refractivity contribution in [2.24, 2.45) is 5.10 Å². The van der Waals surface area contributed by atoms with Crippen molar-refractivity contribution in [3.63, 3.8) is 0 Å². The van der Waals surface area contributed by atoms with Crippen molar-refractivity contribution < 1.29 is 14.6 Å². The van der Waals surface area contributed by atoms with E-state index < -0.39 is 5.97 Å². The van der Waals surface area contributed by atoms with Crippen molar-refractivity contribution in [2.45, 2.75) is 32.2 Å². The molecule has 0 atom stereocenters. The van der Waals surface area contributed by atoms with Crippen LogP contribution in [0.3, 0.4) is 0 Å². The quantitative estimate of drug-likeness (QED) is 0.881. The molecule has 2 N–H and O–H groups in total. The molecular formula is C15H20N4O3. The van der Waals surface area contributed by atoms with Gasteiger partial charge in [-0.15, -0.1) is 0 Å². The van der Waals surface area contributed by atoms with Crippen molar-refractivity contribution in [3.8, 4) is 0 Å². The van der Waals surface area contributed by atoms with Crippen molar-refractivity contribution in [2.75, 3.05) is 30.1 Å². The van der Waals surface area contributed by atoms with Gasteiger partial charge in [-0.1, -0.05) is 0 Å². The molecule has 3 rings (SSSR count). The lowest BCUT2D eigenvalue weighted by molar-refractivity contribution is 0.0697. The van der Waals surface area contributed by atoms with Gasteiger partial charge in [0.2, 0.25) is 0 Å². The molecule has 118 valence electrons. The maximum atomic E-state index is 11.5. The van der Waals surface area contributed by atoms with Gasteiger partial charge in [-0.25, -0.2) is 14.8 Å². The number of hydrazone groups is 1. The van der Waals surface area contributed by atoms with E-state index in [1.807, 2.05) is 6.92 Å². The highest BCUT2D eigenvalue weighted by atomic mass is 16.5. The second-order valence-electron chi connectivity index (χ2n) is 5.40. The van der Waals surface area contributed by atoms with Gasteiger partial charge in [0.05, 0.1) is 5.69 Å². The number of carboxylic acid groups (broad SMARTS) is 1. The fraction of sp³-hybridized carbons (Fsp3) is 0.533. The van der Waals surface area contributed by atoms with Gasteiger partial charge in [-0.2, -0.15) is 5.10 Å². The summed E-state index contributed by atoms with van der Waals surface area (Å²) in [7, 11) is 0. The number of aromatic nitrogens is 1. The number of hydrogen-bond acceptors (Lipinski definition) is 6. The van der Waals surface area contributed by atoms with Gasteiger partial charge < -0.3 is 15.2 Å². The van der Waals surface area contributed by atoms with Gasteiger partial charge in [-0.3, -0.25) is 0 Å². The van der Waals surface area contributed by atoms with Gasteiger partial charge in [0, 0.05) is 50.2 Å². The smallest absolute Gasteiger partial charge is 0.339 e. The minimum atomic E-state index is -0.963. The monoisotopic (exact) mass is 304 g/mol. The van der Waals surface area contributed by atoms with Gasteiger partial charge in [-0.05, 0) is 19.8 Å². The number of pyridine rings is 1. The van der Waals surface area contributed by atoms with E-state index in [1.54, 1.807) is 11.2 Å². The van der Waals surface area contributed by atoms with E-state index in [1.165, 1.54) is 6.20 Å². The Labute approximate surface area is 129 Å². The summed E-state index contributed by atoms with van der Waals surface area (Å²) >= 11 is 0. The molecule has 2 aliphatic rings. The van der Waals surface area contributed by atoms with Gasteiger partial charge in [0.1, 0.15) is 5.56 Å². The summed E-state index contributed by atoms with van der Waals surface area (Å²) in [4.78, 5) is 15.9. The summed E-state index contributed by atoms with van der Waals surface area (Å²) in [5, 5.41) is 19.0. The largest absolute Gasteiger partial charge is 0.478 e. The maximum absolute atomic E-state index is 11.5. The van der Waals surface area contributed by atoms with Crippen LogP contribution in [0.15, 0.2) is 11.3 Å². The Hall–Kier alpha value is -2.15. The SMILES string of the molecule is CCN1N=CCc2c1ncc(C(=O)O)c2NC1CCOCC1. The van der Waals surface area contributed by atoms with Crippen LogP contribution in [0, 0.1) is 0 Å². The number of ether oxygens (including phenoxy) is 1.